The molecule has 1 heterocycles. The second kappa shape index (κ2) is 10.8. The Bertz CT molecular complexity index is 1130. The molecule has 0 aliphatic carbocycles. The number of allylic oxidation sites excluding steroid dienone is 1. The van der Waals surface area contributed by atoms with Crippen LogP contribution in [-0.4, -0.2) is 31.3 Å². The average molecular weight is 474 g/mol. The normalized spacial score (nSPS) is 10.6. The number of aryl methyl sites for hydroxylation is 1. The fourth-order valence-corrected chi connectivity index (χ4v) is 3.64. The van der Waals surface area contributed by atoms with E-state index >= 15 is 0 Å². The number of hydrogen-bond donors (Lipinski definition) is 1. The molecule has 1 amide bonds. The summed E-state index contributed by atoms with van der Waals surface area (Å²) in [6, 6.07) is 11.8. The molecule has 0 unspecified atom stereocenters. The number of aromatic nitrogens is 3. The van der Waals surface area contributed by atoms with Crippen molar-refractivity contribution in [3.63, 3.8) is 0 Å². The third-order valence-electron chi connectivity index (χ3n) is 4.25. The van der Waals surface area contributed by atoms with Gasteiger partial charge in [-0.25, -0.2) is 0 Å². The van der Waals surface area contributed by atoms with Crippen molar-refractivity contribution in [2.75, 3.05) is 11.1 Å². The number of ether oxygens (including phenoxy) is 1. The van der Waals surface area contributed by atoms with Gasteiger partial charge in [0, 0.05) is 18.3 Å². The first kappa shape index (κ1) is 23.3. The van der Waals surface area contributed by atoms with E-state index in [4.69, 9.17) is 16.3 Å². The zero-order valence-corrected chi connectivity index (χ0v) is 18.7. The Balaban J connectivity index is 1.62. The van der Waals surface area contributed by atoms with Gasteiger partial charge in [0.25, 0.3) is 5.69 Å². The standard InChI is InChI=1S/C21H20ClN5O4S/c1-3-10-26-19(12-31-16-7-4-14(2)5-8-16)24-25-21(26)32-13-20(28)23-15-6-9-17(22)18(11-15)27(29)30/h3-9,11H,1,10,12-13H2,2H3,(H,23,28). The minimum atomic E-state index is -0.606. The third-order valence-corrected chi connectivity index (χ3v) is 5.54. The van der Waals surface area contributed by atoms with E-state index < -0.39 is 4.92 Å². The molecule has 1 N–H and O–H groups in total. The Morgan fingerprint density at radius 2 is 2.06 bits per heavy atom. The van der Waals surface area contributed by atoms with E-state index in [0.29, 0.717) is 17.5 Å². The number of carbonyl (C=O) groups is 1. The highest BCUT2D eigenvalue weighted by Crippen LogP contribution is 2.27. The monoisotopic (exact) mass is 473 g/mol. The zero-order valence-electron chi connectivity index (χ0n) is 17.2. The van der Waals surface area contributed by atoms with Gasteiger partial charge in [0.05, 0.1) is 10.7 Å². The zero-order chi connectivity index (χ0) is 23.1. The van der Waals surface area contributed by atoms with E-state index in [0.717, 1.165) is 11.3 Å². The first-order valence-electron chi connectivity index (χ1n) is 9.46. The van der Waals surface area contributed by atoms with Gasteiger partial charge in [-0.05, 0) is 31.2 Å². The molecule has 0 radical (unpaired) electrons. The SMILES string of the molecule is C=CCn1c(COc2ccc(C)cc2)nnc1SCC(=O)Nc1ccc(Cl)c([N+](=O)[O-])c1. The summed E-state index contributed by atoms with van der Waals surface area (Å²) in [7, 11) is 0. The number of carbonyl (C=O) groups excluding carboxylic acids is 1. The molecule has 0 aliphatic heterocycles. The Hall–Kier alpha value is -3.37. The smallest absolute Gasteiger partial charge is 0.289 e. The summed E-state index contributed by atoms with van der Waals surface area (Å²) in [4.78, 5) is 22.7. The number of amides is 1. The second-order valence-electron chi connectivity index (χ2n) is 6.66. The molecule has 0 fully saturated rings. The fourth-order valence-electron chi connectivity index (χ4n) is 2.68. The molecular weight excluding hydrogens is 454 g/mol. The summed E-state index contributed by atoms with van der Waals surface area (Å²) < 4.78 is 7.59. The maximum absolute atomic E-state index is 12.3. The molecule has 0 bridgehead atoms. The van der Waals surface area contributed by atoms with Crippen LogP contribution in [0, 0.1) is 17.0 Å². The Morgan fingerprint density at radius 1 is 1.31 bits per heavy atom. The van der Waals surface area contributed by atoms with Crippen molar-refractivity contribution in [1.29, 1.82) is 0 Å². The Morgan fingerprint density at radius 3 is 2.75 bits per heavy atom. The van der Waals surface area contributed by atoms with Gasteiger partial charge in [-0.1, -0.05) is 47.1 Å². The van der Waals surface area contributed by atoms with Crippen LogP contribution in [0.4, 0.5) is 11.4 Å². The number of nitrogens with one attached hydrogen (secondary N) is 1. The Kier molecular flexibility index (Phi) is 7.85. The number of rotatable bonds is 10. The molecule has 11 heteroatoms. The van der Waals surface area contributed by atoms with Crippen LogP contribution in [-0.2, 0) is 17.9 Å². The van der Waals surface area contributed by atoms with E-state index in [2.05, 4.69) is 22.1 Å². The fraction of sp³-hybridized carbons (Fsp3) is 0.190. The quantitative estimate of drug-likeness (QED) is 0.197. The van der Waals surface area contributed by atoms with E-state index in [1.807, 2.05) is 35.8 Å². The van der Waals surface area contributed by atoms with Gasteiger partial charge in [0.2, 0.25) is 5.91 Å². The summed E-state index contributed by atoms with van der Waals surface area (Å²) in [5.41, 5.74) is 1.14. The summed E-state index contributed by atoms with van der Waals surface area (Å²) in [6.45, 7) is 6.42. The number of thioether (sulfide) groups is 1. The van der Waals surface area contributed by atoms with Crippen molar-refractivity contribution < 1.29 is 14.5 Å². The molecule has 1 aromatic heterocycles. The lowest BCUT2D eigenvalue weighted by Crippen LogP contribution is -2.15. The van der Waals surface area contributed by atoms with Crippen LogP contribution >= 0.6 is 23.4 Å². The van der Waals surface area contributed by atoms with Crippen molar-refractivity contribution in [2.45, 2.75) is 25.2 Å². The van der Waals surface area contributed by atoms with E-state index in [9.17, 15) is 14.9 Å². The first-order chi connectivity index (χ1) is 15.4. The lowest BCUT2D eigenvalue weighted by atomic mass is 10.2. The van der Waals surface area contributed by atoms with Gasteiger partial charge < -0.3 is 10.1 Å². The Labute approximate surface area is 193 Å². The first-order valence-corrected chi connectivity index (χ1v) is 10.8. The number of nitro benzene ring substituents is 1. The van der Waals surface area contributed by atoms with Crippen molar-refractivity contribution in [3.8, 4) is 5.75 Å². The highest BCUT2D eigenvalue weighted by atomic mass is 35.5. The van der Waals surface area contributed by atoms with Gasteiger partial charge in [0.15, 0.2) is 11.0 Å². The molecular formula is C21H20ClN5O4S. The molecule has 9 nitrogen and oxygen atoms in total. The van der Waals surface area contributed by atoms with Crippen molar-refractivity contribution >= 4 is 40.6 Å². The minimum absolute atomic E-state index is 0.000265. The molecule has 32 heavy (non-hydrogen) atoms. The summed E-state index contributed by atoms with van der Waals surface area (Å²) >= 11 is 6.98. The maximum atomic E-state index is 12.3. The van der Waals surface area contributed by atoms with Crippen molar-refractivity contribution in [1.82, 2.24) is 14.8 Å². The number of nitrogens with zero attached hydrogens (tertiary/aromatic N) is 4. The lowest BCUT2D eigenvalue weighted by molar-refractivity contribution is -0.384. The largest absolute Gasteiger partial charge is 0.486 e. The van der Waals surface area contributed by atoms with Crippen LogP contribution in [0.25, 0.3) is 0 Å². The molecule has 0 saturated carbocycles. The van der Waals surface area contributed by atoms with Crippen LogP contribution in [0.5, 0.6) is 5.75 Å². The van der Waals surface area contributed by atoms with Gasteiger partial charge in [-0.3, -0.25) is 19.5 Å². The van der Waals surface area contributed by atoms with E-state index in [-0.39, 0.29) is 34.7 Å². The summed E-state index contributed by atoms with van der Waals surface area (Å²) in [5.74, 6) is 0.998. The van der Waals surface area contributed by atoms with Crippen LogP contribution in [0.15, 0.2) is 60.3 Å². The molecule has 0 saturated heterocycles. The summed E-state index contributed by atoms with van der Waals surface area (Å²) in [6.07, 6.45) is 1.70. The molecule has 0 spiro atoms. The molecule has 166 valence electrons. The van der Waals surface area contributed by atoms with Crippen molar-refractivity contribution in [3.05, 3.63) is 81.6 Å². The summed E-state index contributed by atoms with van der Waals surface area (Å²) in [5, 5.41) is 22.5. The number of benzene rings is 2. The molecule has 0 atom stereocenters. The third kappa shape index (κ3) is 6.08. The molecule has 2 aromatic carbocycles. The van der Waals surface area contributed by atoms with Crippen LogP contribution < -0.4 is 10.1 Å². The molecule has 0 aliphatic rings. The highest BCUT2D eigenvalue weighted by Gasteiger charge is 2.16. The number of anilines is 1. The predicted molar refractivity (Wildman–Crippen MR) is 123 cm³/mol. The average Bonchev–Trinajstić information content (AvgIpc) is 3.15. The predicted octanol–water partition coefficient (Wildman–Crippen LogP) is 4.64. The highest BCUT2D eigenvalue weighted by molar-refractivity contribution is 7.99. The maximum Gasteiger partial charge on any atom is 0.289 e. The van der Waals surface area contributed by atoms with Gasteiger partial charge in [-0.2, -0.15) is 0 Å². The van der Waals surface area contributed by atoms with Crippen molar-refractivity contribution in [2.24, 2.45) is 0 Å². The minimum Gasteiger partial charge on any atom is -0.486 e. The molecule has 3 aromatic rings. The number of halogens is 1. The number of nitro groups is 1. The lowest BCUT2D eigenvalue weighted by Gasteiger charge is -2.09. The van der Waals surface area contributed by atoms with Gasteiger partial charge in [0.1, 0.15) is 17.4 Å². The van der Waals surface area contributed by atoms with Crippen LogP contribution in [0.3, 0.4) is 0 Å². The van der Waals surface area contributed by atoms with Gasteiger partial charge >= 0.3 is 0 Å². The molecule has 3 rings (SSSR count). The van der Waals surface area contributed by atoms with Crippen LogP contribution in [0.1, 0.15) is 11.4 Å². The van der Waals surface area contributed by atoms with Gasteiger partial charge in [-0.15, -0.1) is 16.8 Å². The van der Waals surface area contributed by atoms with Crippen LogP contribution in [0.2, 0.25) is 5.02 Å². The number of hydrogen-bond acceptors (Lipinski definition) is 7. The second-order valence-corrected chi connectivity index (χ2v) is 8.01. The van der Waals surface area contributed by atoms with E-state index in [1.165, 1.54) is 30.0 Å². The van der Waals surface area contributed by atoms with E-state index in [1.54, 1.807) is 6.08 Å². The topological polar surface area (TPSA) is 112 Å².